The molecule has 154 valence electrons. The number of halogens is 1. The molecular weight excluding hydrogens is 380 g/mol. The number of fused-ring (bicyclic) bond motifs is 3. The number of hydrogen-bond donors (Lipinski definition) is 2. The van der Waals surface area contributed by atoms with Crippen molar-refractivity contribution in [3.8, 4) is 0 Å². The molecule has 2 bridgehead atoms. The Morgan fingerprint density at radius 1 is 1.36 bits per heavy atom. The van der Waals surface area contributed by atoms with E-state index in [1.165, 1.54) is 19.3 Å². The molecule has 4 rings (SSSR count). The van der Waals surface area contributed by atoms with Crippen molar-refractivity contribution in [3.05, 3.63) is 23.8 Å². The van der Waals surface area contributed by atoms with E-state index >= 15 is 0 Å². The van der Waals surface area contributed by atoms with Crippen LogP contribution in [-0.4, -0.2) is 59.2 Å². The Bertz CT molecular complexity index is 813. The van der Waals surface area contributed by atoms with Gasteiger partial charge in [0.1, 0.15) is 5.52 Å². The van der Waals surface area contributed by atoms with E-state index in [4.69, 9.17) is 10.2 Å². The average Bonchev–Trinajstić information content (AvgIpc) is 3.06. The van der Waals surface area contributed by atoms with Gasteiger partial charge in [0, 0.05) is 31.3 Å². The second-order valence-electron chi connectivity index (χ2n) is 7.81. The van der Waals surface area contributed by atoms with Gasteiger partial charge in [0.25, 0.3) is 11.9 Å². The van der Waals surface area contributed by atoms with Crippen LogP contribution in [0, 0.1) is 0 Å². The van der Waals surface area contributed by atoms with Crippen LogP contribution >= 0.6 is 12.4 Å². The molecule has 1 aromatic carbocycles. The van der Waals surface area contributed by atoms with Crippen LogP contribution in [-0.2, 0) is 0 Å². The molecule has 2 aromatic rings. The second-order valence-corrected chi connectivity index (χ2v) is 7.81. The van der Waals surface area contributed by atoms with Gasteiger partial charge in [0.05, 0.1) is 5.56 Å². The average molecular weight is 409 g/mol. The highest BCUT2D eigenvalue weighted by molar-refractivity contribution is 6.03. The van der Waals surface area contributed by atoms with Crippen LogP contribution in [0.1, 0.15) is 48.9 Å². The molecule has 8 heteroatoms. The Morgan fingerprint density at radius 2 is 2.07 bits per heavy atom. The van der Waals surface area contributed by atoms with Crippen molar-refractivity contribution in [3.63, 3.8) is 0 Å². The molecule has 2 aliphatic heterocycles. The number of rotatable bonds is 6. The Labute approximate surface area is 171 Å². The number of hydrogen-bond acceptors (Lipinski definition) is 6. The van der Waals surface area contributed by atoms with Gasteiger partial charge in [-0.15, -0.1) is 12.4 Å². The van der Waals surface area contributed by atoms with Crippen molar-refractivity contribution in [2.45, 2.75) is 56.7 Å². The molecule has 7 nitrogen and oxygen atoms in total. The van der Waals surface area contributed by atoms with Gasteiger partial charge >= 0.3 is 0 Å². The number of oxazole rings is 1. The van der Waals surface area contributed by atoms with E-state index in [-0.39, 0.29) is 19.0 Å². The van der Waals surface area contributed by atoms with Crippen LogP contribution in [0.15, 0.2) is 22.6 Å². The van der Waals surface area contributed by atoms with E-state index in [0.29, 0.717) is 53.8 Å². The third-order valence-corrected chi connectivity index (χ3v) is 6.23. The standard InChI is InChI=1S/C20H28N4O3.ClH/c1-23-13-5-2-6-14(23)12-15(11-13)24(9-4-10-25)20-22-18-16(19(21)26)7-3-8-17(18)27-20;/h3,7-8,13-15,25H,2,4-6,9-12H2,1H3,(H2,21,26);1H. The van der Waals surface area contributed by atoms with Crippen LogP contribution in [0.5, 0.6) is 0 Å². The predicted molar refractivity (Wildman–Crippen MR) is 111 cm³/mol. The monoisotopic (exact) mass is 408 g/mol. The van der Waals surface area contributed by atoms with Crippen molar-refractivity contribution < 1.29 is 14.3 Å². The molecule has 0 radical (unpaired) electrons. The second kappa shape index (κ2) is 8.68. The number of aliphatic hydroxyl groups excluding tert-OH is 1. The fourth-order valence-corrected chi connectivity index (χ4v) is 4.78. The third-order valence-electron chi connectivity index (χ3n) is 6.23. The minimum absolute atomic E-state index is 0. The molecule has 2 fully saturated rings. The first-order chi connectivity index (χ1) is 13.1. The van der Waals surface area contributed by atoms with Gasteiger partial charge in [0.15, 0.2) is 5.58 Å². The SMILES string of the molecule is CN1C2CCCC1CC(N(CCCO)c1nc3c(C(N)=O)cccc3o1)C2.Cl. The summed E-state index contributed by atoms with van der Waals surface area (Å²) in [5.74, 6) is -0.504. The maximum absolute atomic E-state index is 11.7. The van der Waals surface area contributed by atoms with Crippen molar-refractivity contribution in [1.29, 1.82) is 0 Å². The number of carbonyl (C=O) groups is 1. The van der Waals surface area contributed by atoms with Crippen LogP contribution < -0.4 is 10.6 Å². The van der Waals surface area contributed by atoms with E-state index < -0.39 is 5.91 Å². The summed E-state index contributed by atoms with van der Waals surface area (Å²) in [5, 5.41) is 9.37. The molecule has 0 spiro atoms. The lowest BCUT2D eigenvalue weighted by Gasteiger charge is -2.49. The Balaban J connectivity index is 0.00000225. The number of para-hydroxylation sites is 1. The lowest BCUT2D eigenvalue weighted by atomic mass is 9.81. The molecule has 1 aromatic heterocycles. The fourth-order valence-electron chi connectivity index (χ4n) is 4.78. The normalized spacial score (nSPS) is 24.7. The Hall–Kier alpha value is -1.83. The largest absolute Gasteiger partial charge is 0.423 e. The number of aromatic nitrogens is 1. The lowest BCUT2D eigenvalue weighted by Crippen LogP contribution is -2.55. The van der Waals surface area contributed by atoms with E-state index in [1.54, 1.807) is 12.1 Å². The molecule has 2 atom stereocenters. The highest BCUT2D eigenvalue weighted by Gasteiger charge is 2.39. The van der Waals surface area contributed by atoms with Gasteiger partial charge in [-0.3, -0.25) is 4.79 Å². The number of anilines is 1. The van der Waals surface area contributed by atoms with Crippen molar-refractivity contribution >= 4 is 35.4 Å². The first kappa shape index (κ1) is 20.9. The first-order valence-corrected chi connectivity index (χ1v) is 9.87. The highest BCUT2D eigenvalue weighted by Crippen LogP contribution is 2.37. The summed E-state index contributed by atoms with van der Waals surface area (Å²) in [4.78, 5) is 21.1. The maximum atomic E-state index is 11.7. The predicted octanol–water partition coefficient (Wildman–Crippen LogP) is 2.55. The number of aliphatic hydroxyl groups is 1. The fraction of sp³-hybridized carbons (Fsp3) is 0.600. The first-order valence-electron chi connectivity index (χ1n) is 9.87. The molecule has 2 saturated heterocycles. The topological polar surface area (TPSA) is 95.8 Å². The van der Waals surface area contributed by atoms with Crippen LogP contribution in [0.4, 0.5) is 6.01 Å². The van der Waals surface area contributed by atoms with Gasteiger partial charge in [-0.25, -0.2) is 0 Å². The van der Waals surface area contributed by atoms with E-state index in [0.717, 1.165) is 12.8 Å². The molecule has 1 amide bonds. The van der Waals surface area contributed by atoms with Gasteiger partial charge in [-0.05, 0) is 51.3 Å². The summed E-state index contributed by atoms with van der Waals surface area (Å²) in [6, 6.07) is 7.28. The number of primary amides is 1. The van der Waals surface area contributed by atoms with Gasteiger partial charge in [-0.2, -0.15) is 4.98 Å². The molecule has 3 N–H and O–H groups in total. The third kappa shape index (κ3) is 3.83. The zero-order valence-corrected chi connectivity index (χ0v) is 17.0. The molecule has 0 saturated carbocycles. The van der Waals surface area contributed by atoms with Gasteiger partial charge < -0.3 is 25.1 Å². The van der Waals surface area contributed by atoms with Crippen LogP contribution in [0.3, 0.4) is 0 Å². The Morgan fingerprint density at radius 3 is 2.71 bits per heavy atom. The van der Waals surface area contributed by atoms with E-state index in [1.807, 2.05) is 6.07 Å². The summed E-state index contributed by atoms with van der Waals surface area (Å²) in [6.07, 6.45) is 6.56. The summed E-state index contributed by atoms with van der Waals surface area (Å²) < 4.78 is 6.03. The smallest absolute Gasteiger partial charge is 0.298 e. The quantitative estimate of drug-likeness (QED) is 0.762. The molecule has 3 heterocycles. The molecule has 2 aliphatic rings. The number of amides is 1. The number of benzene rings is 1. The van der Waals surface area contributed by atoms with Gasteiger partial charge in [-0.1, -0.05) is 12.5 Å². The zero-order valence-electron chi connectivity index (χ0n) is 16.2. The van der Waals surface area contributed by atoms with Crippen molar-refractivity contribution in [2.24, 2.45) is 5.73 Å². The van der Waals surface area contributed by atoms with Crippen molar-refractivity contribution in [2.75, 3.05) is 25.1 Å². The van der Waals surface area contributed by atoms with E-state index in [2.05, 4.69) is 21.8 Å². The number of nitrogens with zero attached hydrogens (tertiary/aromatic N) is 3. The number of nitrogens with two attached hydrogens (primary N) is 1. The van der Waals surface area contributed by atoms with Crippen molar-refractivity contribution in [1.82, 2.24) is 9.88 Å². The minimum atomic E-state index is -0.504. The molecule has 28 heavy (non-hydrogen) atoms. The Kier molecular flexibility index (Phi) is 6.47. The summed E-state index contributed by atoms with van der Waals surface area (Å²) in [5.41, 5.74) is 6.96. The minimum Gasteiger partial charge on any atom is -0.423 e. The summed E-state index contributed by atoms with van der Waals surface area (Å²) in [6.45, 7) is 0.811. The molecular formula is C20H29ClN4O3. The number of piperidine rings is 2. The summed E-state index contributed by atoms with van der Waals surface area (Å²) in [7, 11) is 2.24. The van der Waals surface area contributed by atoms with Gasteiger partial charge in [0.2, 0.25) is 0 Å². The highest BCUT2D eigenvalue weighted by atomic mass is 35.5. The molecule has 0 aliphatic carbocycles. The summed E-state index contributed by atoms with van der Waals surface area (Å²) >= 11 is 0. The maximum Gasteiger partial charge on any atom is 0.298 e. The number of carbonyl (C=O) groups excluding carboxylic acids is 1. The van der Waals surface area contributed by atoms with Crippen LogP contribution in [0.25, 0.3) is 11.1 Å². The lowest BCUT2D eigenvalue weighted by molar-refractivity contribution is 0.0538. The zero-order chi connectivity index (χ0) is 19.0. The van der Waals surface area contributed by atoms with Crippen LogP contribution in [0.2, 0.25) is 0 Å². The molecule has 2 unspecified atom stereocenters. The van der Waals surface area contributed by atoms with E-state index in [9.17, 15) is 9.90 Å².